The van der Waals surface area contributed by atoms with Crippen LogP contribution in [0.4, 0.5) is 8.78 Å². The quantitative estimate of drug-likeness (QED) is 0.367. The first-order valence-corrected chi connectivity index (χ1v) is 16.9. The highest BCUT2D eigenvalue weighted by Crippen LogP contribution is 2.69. The first-order valence-electron chi connectivity index (χ1n) is 15.4. The minimum atomic E-state index is -4.38. The van der Waals surface area contributed by atoms with E-state index < -0.39 is 32.5 Å². The van der Waals surface area contributed by atoms with Gasteiger partial charge in [0.2, 0.25) is 5.91 Å². The van der Waals surface area contributed by atoms with Crippen LogP contribution < -0.4 is 4.72 Å². The van der Waals surface area contributed by atoms with Crippen LogP contribution >= 0.6 is 0 Å². The van der Waals surface area contributed by atoms with Crippen molar-refractivity contribution in [2.24, 2.45) is 52.3 Å². The molecule has 0 spiro atoms. The molecule has 4 fully saturated rings. The maximum Gasteiger partial charge on any atom is 0.266 e. The van der Waals surface area contributed by atoms with Crippen molar-refractivity contribution in [1.29, 1.82) is 0 Å². The van der Waals surface area contributed by atoms with Crippen LogP contribution in [-0.4, -0.2) is 14.3 Å². The molecule has 9 atom stereocenters. The maximum atomic E-state index is 14.0. The molecule has 5 rings (SSSR count). The molecule has 4 nitrogen and oxygen atoms in total. The second-order valence-corrected chi connectivity index (χ2v) is 15.6. The predicted octanol–water partition coefficient (Wildman–Crippen LogP) is 7.87. The van der Waals surface area contributed by atoms with Crippen molar-refractivity contribution < 1.29 is 22.0 Å². The summed E-state index contributed by atoms with van der Waals surface area (Å²) in [4.78, 5) is 11.9. The van der Waals surface area contributed by atoms with E-state index in [0.717, 1.165) is 41.7 Å². The van der Waals surface area contributed by atoms with Crippen LogP contribution in [0.25, 0.3) is 0 Å². The molecule has 4 aliphatic carbocycles. The molecule has 1 N–H and O–H groups in total. The average Bonchev–Trinajstić information content (AvgIpc) is 3.23. The number of hydrogen-bond acceptors (Lipinski definition) is 3. The summed E-state index contributed by atoms with van der Waals surface area (Å²) in [6.45, 7) is 9.77. The molecule has 0 aromatic heterocycles. The largest absolute Gasteiger partial charge is 0.274 e. The molecule has 1 amide bonds. The van der Waals surface area contributed by atoms with Crippen LogP contribution in [0.3, 0.4) is 0 Å². The second kappa shape index (κ2) is 10.7. The molecule has 4 saturated carbocycles. The normalized spacial score (nSPS) is 38.8. The molecular weight excluding hydrogens is 516 g/mol. The van der Waals surface area contributed by atoms with Crippen LogP contribution in [0.5, 0.6) is 0 Å². The summed E-state index contributed by atoms with van der Waals surface area (Å²) in [6, 6.07) is 2.24. The highest BCUT2D eigenvalue weighted by molar-refractivity contribution is 7.90. The van der Waals surface area contributed by atoms with Gasteiger partial charge in [-0.25, -0.2) is 21.9 Å². The third kappa shape index (κ3) is 5.08. The Morgan fingerprint density at radius 3 is 2.49 bits per heavy atom. The highest BCUT2D eigenvalue weighted by Gasteiger charge is 2.61. The Kier molecular flexibility index (Phi) is 7.97. The van der Waals surface area contributed by atoms with Crippen molar-refractivity contribution in [2.75, 3.05) is 0 Å². The Bertz CT molecular complexity index is 1190. The van der Waals surface area contributed by atoms with E-state index in [1.807, 2.05) is 4.72 Å². The smallest absolute Gasteiger partial charge is 0.266 e. The number of benzene rings is 1. The van der Waals surface area contributed by atoms with Gasteiger partial charge in [-0.2, -0.15) is 0 Å². The van der Waals surface area contributed by atoms with Gasteiger partial charge in [0.05, 0.1) is 0 Å². The van der Waals surface area contributed by atoms with Crippen molar-refractivity contribution in [3.63, 3.8) is 0 Å². The van der Waals surface area contributed by atoms with Gasteiger partial charge < -0.3 is 0 Å². The number of carbonyl (C=O) groups is 1. The predicted molar refractivity (Wildman–Crippen MR) is 149 cm³/mol. The highest BCUT2D eigenvalue weighted by atomic mass is 32.2. The Morgan fingerprint density at radius 2 is 1.77 bits per heavy atom. The number of nitrogens with one attached hydrogen (secondary N) is 1. The number of rotatable bonds is 7. The Morgan fingerprint density at radius 1 is 1.03 bits per heavy atom. The molecule has 1 aromatic carbocycles. The Hall–Kier alpha value is -1.50. The number of hydrogen-bond donors (Lipinski definition) is 1. The first kappa shape index (κ1) is 29.0. The summed E-state index contributed by atoms with van der Waals surface area (Å²) in [5.74, 6) is 2.28. The maximum absolute atomic E-state index is 14.0. The van der Waals surface area contributed by atoms with Gasteiger partial charge in [-0.3, -0.25) is 4.79 Å². The van der Waals surface area contributed by atoms with E-state index in [0.29, 0.717) is 29.7 Å². The Labute approximate surface area is 234 Å². The van der Waals surface area contributed by atoms with E-state index in [1.165, 1.54) is 64.2 Å². The molecule has 1 aromatic rings. The standard InChI is InChI=1S/C32H47F2NO3S/c1-5-21-18-23-26-12-11-24(32(26,4)17-15-27(23)31(3)16-7-6-8-25(21)31)20(2)9-14-30(36)35-39(37,38)29-13-10-22(33)19-28(29)34/h10,13,19-21,23-27H,5-9,11-12,14-18H2,1-4H3,(H,35,36)/t20-,21+,23?,24-,25+,26?,27?,31+,32-/m1/s1. The van der Waals surface area contributed by atoms with Crippen LogP contribution in [0.2, 0.25) is 0 Å². The summed E-state index contributed by atoms with van der Waals surface area (Å²) in [5, 5.41) is 0. The average molecular weight is 564 g/mol. The molecule has 3 unspecified atom stereocenters. The van der Waals surface area contributed by atoms with E-state index in [2.05, 4.69) is 27.7 Å². The molecule has 0 aliphatic heterocycles. The molecule has 0 saturated heterocycles. The van der Waals surface area contributed by atoms with E-state index in [9.17, 15) is 22.0 Å². The van der Waals surface area contributed by atoms with Crippen LogP contribution in [0.1, 0.15) is 105 Å². The lowest BCUT2D eigenvalue weighted by Gasteiger charge is -2.63. The van der Waals surface area contributed by atoms with Gasteiger partial charge in [-0.05, 0) is 116 Å². The fourth-order valence-electron chi connectivity index (χ4n) is 10.5. The van der Waals surface area contributed by atoms with E-state index >= 15 is 0 Å². The summed E-state index contributed by atoms with van der Waals surface area (Å²) in [5.41, 5.74) is 0.775. The second-order valence-electron chi connectivity index (χ2n) is 14.0. The van der Waals surface area contributed by atoms with Crippen molar-refractivity contribution in [3.8, 4) is 0 Å². The number of carbonyl (C=O) groups excluding carboxylic acids is 1. The van der Waals surface area contributed by atoms with E-state index in [-0.39, 0.29) is 11.8 Å². The minimum absolute atomic E-state index is 0.0736. The van der Waals surface area contributed by atoms with Crippen molar-refractivity contribution in [3.05, 3.63) is 29.8 Å². The summed E-state index contributed by atoms with van der Waals surface area (Å²) >= 11 is 0. The first-order chi connectivity index (χ1) is 18.4. The fourth-order valence-corrected chi connectivity index (χ4v) is 11.6. The van der Waals surface area contributed by atoms with Gasteiger partial charge in [0.25, 0.3) is 10.0 Å². The zero-order valence-corrected chi connectivity index (χ0v) is 25.0. The summed E-state index contributed by atoms with van der Waals surface area (Å²) in [7, 11) is -4.38. The van der Waals surface area contributed by atoms with E-state index in [1.54, 1.807) is 0 Å². The SMILES string of the molecule is CC[C@H]1CC2C3CC[C@H]([C@H](C)CCC(=O)NS(=O)(=O)c4ccc(F)cc4F)[C@@]3(C)CCC2[C@@]2(C)CCCC[C@@H]12. The molecule has 0 heterocycles. The lowest BCUT2D eigenvalue weighted by atomic mass is 9.42. The lowest BCUT2D eigenvalue weighted by molar-refractivity contribution is -0.138. The van der Waals surface area contributed by atoms with Crippen molar-refractivity contribution in [2.45, 2.75) is 110 Å². The number of amides is 1. The molecule has 0 radical (unpaired) electrons. The van der Waals surface area contributed by atoms with Gasteiger partial charge in [-0.1, -0.05) is 47.0 Å². The summed E-state index contributed by atoms with van der Waals surface area (Å²) < 4.78 is 54.3. The molecule has 0 bridgehead atoms. The monoisotopic (exact) mass is 563 g/mol. The molecule has 39 heavy (non-hydrogen) atoms. The van der Waals surface area contributed by atoms with Crippen molar-refractivity contribution >= 4 is 15.9 Å². The van der Waals surface area contributed by atoms with Gasteiger partial charge in [0, 0.05) is 12.5 Å². The van der Waals surface area contributed by atoms with Crippen LogP contribution in [-0.2, 0) is 14.8 Å². The van der Waals surface area contributed by atoms with Gasteiger partial charge >= 0.3 is 0 Å². The number of halogens is 2. The Balaban J connectivity index is 1.24. The zero-order chi connectivity index (χ0) is 28.2. The molecule has 218 valence electrons. The van der Waals surface area contributed by atoms with Gasteiger partial charge in [0.15, 0.2) is 0 Å². The number of fused-ring (bicyclic) bond motifs is 5. The molecule has 7 heteroatoms. The van der Waals surface area contributed by atoms with Crippen LogP contribution in [0.15, 0.2) is 23.1 Å². The minimum Gasteiger partial charge on any atom is -0.274 e. The van der Waals surface area contributed by atoms with E-state index in [4.69, 9.17) is 0 Å². The van der Waals surface area contributed by atoms with Gasteiger partial charge in [0.1, 0.15) is 16.5 Å². The topological polar surface area (TPSA) is 63.2 Å². The third-order valence-electron chi connectivity index (χ3n) is 12.3. The molecule has 4 aliphatic rings. The third-order valence-corrected chi connectivity index (χ3v) is 13.7. The lowest BCUT2D eigenvalue weighted by Crippen LogP contribution is -2.55. The van der Waals surface area contributed by atoms with Crippen molar-refractivity contribution in [1.82, 2.24) is 4.72 Å². The number of sulfonamides is 1. The van der Waals surface area contributed by atoms with Gasteiger partial charge in [-0.15, -0.1) is 0 Å². The molecular formula is C32H47F2NO3S. The van der Waals surface area contributed by atoms with Crippen LogP contribution in [0, 0.1) is 63.9 Å². The fraction of sp³-hybridized carbons (Fsp3) is 0.781. The zero-order valence-electron chi connectivity index (χ0n) is 24.1. The summed E-state index contributed by atoms with van der Waals surface area (Å²) in [6.07, 6.45) is 14.0.